The molecule has 1 unspecified atom stereocenters. The summed E-state index contributed by atoms with van der Waals surface area (Å²) in [7, 11) is 0. The molecular weight excluding hydrogens is 310 g/mol. The highest BCUT2D eigenvalue weighted by atomic mass is 19.1. The van der Waals surface area contributed by atoms with Crippen molar-refractivity contribution in [3.8, 4) is 0 Å². The standard InChI is InChI=1S/C19H18F2N2O/c1-12(15-8-7-14(20)10-17(15)21)23-19(24)9-6-13-11-22-18-5-3-2-4-16(13)18/h2-5,7-8,10-12,22H,6,9H2,1H3,(H,23,24). The average molecular weight is 328 g/mol. The van der Waals surface area contributed by atoms with E-state index in [-0.39, 0.29) is 11.5 Å². The van der Waals surface area contributed by atoms with Crippen molar-refractivity contribution in [2.45, 2.75) is 25.8 Å². The molecule has 1 atom stereocenters. The lowest BCUT2D eigenvalue weighted by atomic mass is 10.1. The molecule has 0 aliphatic heterocycles. The maximum atomic E-state index is 13.7. The fraction of sp³-hybridized carbons (Fsp3) is 0.211. The van der Waals surface area contributed by atoms with E-state index in [1.165, 1.54) is 12.1 Å². The molecule has 0 fully saturated rings. The maximum Gasteiger partial charge on any atom is 0.220 e. The van der Waals surface area contributed by atoms with Crippen LogP contribution >= 0.6 is 0 Å². The van der Waals surface area contributed by atoms with Crippen molar-refractivity contribution in [1.82, 2.24) is 10.3 Å². The molecule has 2 aromatic carbocycles. The average Bonchev–Trinajstić information content (AvgIpc) is 2.96. The summed E-state index contributed by atoms with van der Waals surface area (Å²) in [5.74, 6) is -1.45. The number of carbonyl (C=O) groups excluding carboxylic acids is 1. The van der Waals surface area contributed by atoms with Crippen LogP contribution in [0.1, 0.15) is 30.5 Å². The number of hydrogen-bond acceptors (Lipinski definition) is 1. The Hall–Kier alpha value is -2.69. The highest BCUT2D eigenvalue weighted by molar-refractivity contribution is 5.84. The van der Waals surface area contributed by atoms with Gasteiger partial charge >= 0.3 is 0 Å². The Bertz CT molecular complexity index is 873. The summed E-state index contributed by atoms with van der Waals surface area (Å²) in [5.41, 5.74) is 2.38. The minimum atomic E-state index is -0.653. The van der Waals surface area contributed by atoms with Crippen LogP contribution in [0.15, 0.2) is 48.7 Å². The number of aryl methyl sites for hydroxylation is 1. The Kier molecular flexibility index (Phi) is 4.60. The summed E-state index contributed by atoms with van der Waals surface area (Å²) in [6.07, 6.45) is 2.80. The zero-order valence-corrected chi connectivity index (χ0v) is 13.3. The van der Waals surface area contributed by atoms with E-state index in [9.17, 15) is 13.6 Å². The summed E-state index contributed by atoms with van der Waals surface area (Å²) in [6, 6.07) is 10.8. The number of halogens is 2. The summed E-state index contributed by atoms with van der Waals surface area (Å²) < 4.78 is 26.7. The summed E-state index contributed by atoms with van der Waals surface area (Å²) in [5, 5.41) is 3.86. The van der Waals surface area contributed by atoms with Gasteiger partial charge in [-0.25, -0.2) is 8.78 Å². The molecule has 0 aliphatic carbocycles. The van der Waals surface area contributed by atoms with Gasteiger partial charge in [-0.1, -0.05) is 24.3 Å². The van der Waals surface area contributed by atoms with Gasteiger partial charge in [-0.15, -0.1) is 0 Å². The maximum absolute atomic E-state index is 13.7. The molecule has 3 rings (SSSR count). The smallest absolute Gasteiger partial charge is 0.220 e. The lowest BCUT2D eigenvalue weighted by Gasteiger charge is -2.15. The number of rotatable bonds is 5. The first-order valence-corrected chi connectivity index (χ1v) is 7.84. The molecule has 0 bridgehead atoms. The van der Waals surface area contributed by atoms with E-state index in [4.69, 9.17) is 0 Å². The van der Waals surface area contributed by atoms with E-state index >= 15 is 0 Å². The SMILES string of the molecule is CC(NC(=O)CCc1c[nH]c2ccccc12)c1ccc(F)cc1F. The number of nitrogens with one attached hydrogen (secondary N) is 2. The number of fused-ring (bicyclic) bond motifs is 1. The molecule has 1 heterocycles. The molecule has 0 saturated carbocycles. The fourth-order valence-corrected chi connectivity index (χ4v) is 2.83. The predicted molar refractivity (Wildman–Crippen MR) is 89.5 cm³/mol. The van der Waals surface area contributed by atoms with Crippen molar-refractivity contribution in [1.29, 1.82) is 0 Å². The number of aromatic nitrogens is 1. The molecule has 24 heavy (non-hydrogen) atoms. The molecule has 0 aliphatic rings. The fourth-order valence-electron chi connectivity index (χ4n) is 2.83. The third-order valence-electron chi connectivity index (χ3n) is 4.10. The number of para-hydroxylation sites is 1. The Morgan fingerprint density at radius 1 is 1.21 bits per heavy atom. The van der Waals surface area contributed by atoms with Crippen molar-refractivity contribution < 1.29 is 13.6 Å². The summed E-state index contributed by atoms with van der Waals surface area (Å²) in [4.78, 5) is 15.3. The highest BCUT2D eigenvalue weighted by Gasteiger charge is 2.14. The second kappa shape index (κ2) is 6.83. The van der Waals surface area contributed by atoms with Crippen LogP contribution in [0.4, 0.5) is 8.78 Å². The second-order valence-corrected chi connectivity index (χ2v) is 5.81. The molecule has 0 saturated heterocycles. The first-order valence-electron chi connectivity index (χ1n) is 7.84. The Morgan fingerprint density at radius 3 is 2.79 bits per heavy atom. The Morgan fingerprint density at radius 2 is 2.00 bits per heavy atom. The van der Waals surface area contributed by atoms with Crippen LogP contribution in [-0.4, -0.2) is 10.9 Å². The molecule has 2 N–H and O–H groups in total. The van der Waals surface area contributed by atoms with Gasteiger partial charge in [0, 0.05) is 35.2 Å². The second-order valence-electron chi connectivity index (χ2n) is 5.81. The van der Waals surface area contributed by atoms with Crippen molar-refractivity contribution in [3.63, 3.8) is 0 Å². The van der Waals surface area contributed by atoms with E-state index in [0.717, 1.165) is 22.5 Å². The van der Waals surface area contributed by atoms with Crippen molar-refractivity contribution in [2.24, 2.45) is 0 Å². The highest BCUT2D eigenvalue weighted by Crippen LogP contribution is 2.20. The minimum Gasteiger partial charge on any atom is -0.361 e. The molecular formula is C19H18F2N2O. The van der Waals surface area contributed by atoms with Crippen LogP contribution in [-0.2, 0) is 11.2 Å². The van der Waals surface area contributed by atoms with Crippen LogP contribution in [0.25, 0.3) is 10.9 Å². The number of carbonyl (C=O) groups is 1. The van der Waals surface area contributed by atoms with Crippen LogP contribution in [0.5, 0.6) is 0 Å². The molecule has 3 nitrogen and oxygen atoms in total. The number of hydrogen-bond donors (Lipinski definition) is 2. The number of benzene rings is 2. The number of aromatic amines is 1. The van der Waals surface area contributed by atoms with E-state index in [0.29, 0.717) is 12.8 Å². The zero-order valence-electron chi connectivity index (χ0n) is 13.3. The molecule has 0 radical (unpaired) electrons. The van der Waals surface area contributed by atoms with Crippen LogP contribution in [0.2, 0.25) is 0 Å². The van der Waals surface area contributed by atoms with Gasteiger partial charge in [0.15, 0.2) is 0 Å². The predicted octanol–water partition coefficient (Wildman–Crippen LogP) is 4.26. The van der Waals surface area contributed by atoms with E-state index in [2.05, 4.69) is 10.3 Å². The topological polar surface area (TPSA) is 44.9 Å². The molecule has 1 amide bonds. The molecule has 5 heteroatoms. The van der Waals surface area contributed by atoms with Crippen LogP contribution in [0.3, 0.4) is 0 Å². The summed E-state index contributed by atoms with van der Waals surface area (Å²) in [6.45, 7) is 1.68. The van der Waals surface area contributed by atoms with Gasteiger partial charge in [0.05, 0.1) is 6.04 Å². The van der Waals surface area contributed by atoms with E-state index in [1.807, 2.05) is 30.5 Å². The Labute approximate surface area is 138 Å². The molecule has 3 aromatic rings. The number of H-pyrrole nitrogens is 1. The third-order valence-corrected chi connectivity index (χ3v) is 4.10. The normalized spacial score (nSPS) is 12.3. The van der Waals surface area contributed by atoms with Crippen LogP contribution in [0, 0.1) is 11.6 Å². The van der Waals surface area contributed by atoms with Crippen molar-refractivity contribution in [3.05, 3.63) is 71.4 Å². The van der Waals surface area contributed by atoms with E-state index < -0.39 is 17.7 Å². The summed E-state index contributed by atoms with van der Waals surface area (Å²) >= 11 is 0. The number of amides is 1. The molecule has 1 aromatic heterocycles. The van der Waals surface area contributed by atoms with Gasteiger partial charge in [-0.05, 0) is 31.0 Å². The minimum absolute atomic E-state index is 0.170. The van der Waals surface area contributed by atoms with Crippen LogP contribution < -0.4 is 5.32 Å². The molecule has 124 valence electrons. The molecule has 0 spiro atoms. The lowest BCUT2D eigenvalue weighted by Crippen LogP contribution is -2.27. The third kappa shape index (κ3) is 3.45. The van der Waals surface area contributed by atoms with Gasteiger partial charge in [-0.3, -0.25) is 4.79 Å². The van der Waals surface area contributed by atoms with Gasteiger partial charge < -0.3 is 10.3 Å². The van der Waals surface area contributed by atoms with Crippen molar-refractivity contribution in [2.75, 3.05) is 0 Å². The zero-order chi connectivity index (χ0) is 17.1. The lowest BCUT2D eigenvalue weighted by molar-refractivity contribution is -0.121. The van der Waals surface area contributed by atoms with Crippen molar-refractivity contribution >= 4 is 16.8 Å². The largest absolute Gasteiger partial charge is 0.361 e. The van der Waals surface area contributed by atoms with E-state index in [1.54, 1.807) is 6.92 Å². The van der Waals surface area contributed by atoms with Gasteiger partial charge in [0.2, 0.25) is 5.91 Å². The van der Waals surface area contributed by atoms with Gasteiger partial charge in [0.1, 0.15) is 11.6 Å². The monoisotopic (exact) mass is 328 g/mol. The first-order chi connectivity index (χ1) is 11.5. The quantitative estimate of drug-likeness (QED) is 0.722. The van der Waals surface area contributed by atoms with Gasteiger partial charge in [0.25, 0.3) is 0 Å². The first kappa shape index (κ1) is 16.2. The Balaban J connectivity index is 1.61. The van der Waals surface area contributed by atoms with Gasteiger partial charge in [-0.2, -0.15) is 0 Å².